The normalized spacial score (nSPS) is 18.1. The van der Waals surface area contributed by atoms with Crippen LogP contribution >= 0.6 is 22.9 Å². The largest absolute Gasteiger partial charge is 0.506 e. The zero-order chi connectivity index (χ0) is 13.9. The molecule has 1 aliphatic heterocycles. The Kier molecular flexibility index (Phi) is 4.27. The number of nitrogens with one attached hydrogen (secondary N) is 1. The molecule has 3 rings (SSSR count). The van der Waals surface area contributed by atoms with Crippen LogP contribution in [-0.2, 0) is 0 Å². The molecule has 5 heteroatoms. The number of halogens is 1. The molecule has 3 nitrogen and oxygen atoms in total. The van der Waals surface area contributed by atoms with Crippen LogP contribution in [0.5, 0.6) is 5.75 Å². The van der Waals surface area contributed by atoms with Gasteiger partial charge in [0.05, 0.1) is 11.1 Å². The average molecular weight is 309 g/mol. The maximum Gasteiger partial charge on any atom is 0.134 e. The van der Waals surface area contributed by atoms with E-state index in [2.05, 4.69) is 27.7 Å². The summed E-state index contributed by atoms with van der Waals surface area (Å²) in [6, 6.07) is 9.99. The molecule has 0 spiro atoms. The highest BCUT2D eigenvalue weighted by Gasteiger charge is 2.25. The van der Waals surface area contributed by atoms with Crippen molar-refractivity contribution in [3.05, 3.63) is 51.2 Å². The topological polar surface area (TPSA) is 35.5 Å². The minimum absolute atomic E-state index is 0.139. The van der Waals surface area contributed by atoms with E-state index in [4.69, 9.17) is 11.6 Å². The predicted octanol–water partition coefficient (Wildman–Crippen LogP) is 3.10. The lowest BCUT2D eigenvalue weighted by Gasteiger charge is -2.34. The minimum Gasteiger partial charge on any atom is -0.506 e. The van der Waals surface area contributed by atoms with Gasteiger partial charge in [-0.2, -0.15) is 0 Å². The lowest BCUT2D eigenvalue weighted by Crippen LogP contribution is -2.45. The van der Waals surface area contributed by atoms with Crippen LogP contribution < -0.4 is 5.32 Å². The van der Waals surface area contributed by atoms with Gasteiger partial charge >= 0.3 is 0 Å². The van der Waals surface area contributed by atoms with E-state index in [-0.39, 0.29) is 11.8 Å². The third kappa shape index (κ3) is 2.83. The summed E-state index contributed by atoms with van der Waals surface area (Å²) in [6.07, 6.45) is 0. The number of nitrogens with zero attached hydrogens (tertiary/aromatic N) is 1. The van der Waals surface area contributed by atoms with Crippen molar-refractivity contribution in [2.24, 2.45) is 0 Å². The summed E-state index contributed by atoms with van der Waals surface area (Å²) in [6.45, 7) is 4.05. The second-order valence-corrected chi connectivity index (χ2v) is 6.30. The summed E-state index contributed by atoms with van der Waals surface area (Å²) >= 11 is 7.84. The third-order valence-corrected chi connectivity index (χ3v) is 4.84. The Bertz CT molecular complexity index is 567. The molecule has 0 amide bonds. The van der Waals surface area contributed by atoms with Gasteiger partial charge in [-0.15, -0.1) is 11.3 Å². The molecule has 1 aliphatic rings. The molecule has 2 heterocycles. The number of hydrogen-bond donors (Lipinski definition) is 2. The van der Waals surface area contributed by atoms with Gasteiger partial charge in [-0.1, -0.05) is 23.7 Å². The van der Waals surface area contributed by atoms with Crippen molar-refractivity contribution in [3.63, 3.8) is 0 Å². The fourth-order valence-corrected chi connectivity index (χ4v) is 3.71. The van der Waals surface area contributed by atoms with Crippen molar-refractivity contribution in [1.82, 2.24) is 10.2 Å². The van der Waals surface area contributed by atoms with Gasteiger partial charge in [0.15, 0.2) is 0 Å². The van der Waals surface area contributed by atoms with Gasteiger partial charge in [-0.05, 0) is 29.1 Å². The Labute approximate surface area is 127 Å². The van der Waals surface area contributed by atoms with Crippen LogP contribution in [0.15, 0.2) is 35.7 Å². The zero-order valence-corrected chi connectivity index (χ0v) is 12.6. The van der Waals surface area contributed by atoms with E-state index in [9.17, 15) is 5.11 Å². The minimum atomic E-state index is 0.139. The van der Waals surface area contributed by atoms with Crippen molar-refractivity contribution in [2.45, 2.75) is 6.04 Å². The van der Waals surface area contributed by atoms with Crippen molar-refractivity contribution in [1.29, 1.82) is 0 Å². The van der Waals surface area contributed by atoms with E-state index in [1.165, 1.54) is 4.88 Å². The summed E-state index contributed by atoms with van der Waals surface area (Å²) < 4.78 is 0. The first kappa shape index (κ1) is 13.9. The second kappa shape index (κ2) is 6.14. The maximum atomic E-state index is 9.61. The smallest absolute Gasteiger partial charge is 0.134 e. The first-order valence-electron chi connectivity index (χ1n) is 6.72. The molecule has 2 aromatic rings. The first-order chi connectivity index (χ1) is 9.75. The molecule has 2 N–H and O–H groups in total. The van der Waals surface area contributed by atoms with Crippen LogP contribution in [0.4, 0.5) is 0 Å². The summed E-state index contributed by atoms with van der Waals surface area (Å²) in [5.41, 5.74) is 1.14. The number of rotatable bonds is 3. The van der Waals surface area contributed by atoms with E-state index in [0.717, 1.165) is 31.7 Å². The Balaban J connectivity index is 1.98. The Morgan fingerprint density at radius 1 is 1.25 bits per heavy atom. The highest BCUT2D eigenvalue weighted by molar-refractivity contribution is 7.10. The highest BCUT2D eigenvalue weighted by atomic mass is 35.5. The van der Waals surface area contributed by atoms with Gasteiger partial charge < -0.3 is 10.4 Å². The second-order valence-electron chi connectivity index (χ2n) is 4.91. The van der Waals surface area contributed by atoms with Gasteiger partial charge in [0.2, 0.25) is 0 Å². The van der Waals surface area contributed by atoms with Crippen molar-refractivity contribution in [2.75, 3.05) is 26.2 Å². The molecule has 1 fully saturated rings. The van der Waals surface area contributed by atoms with Gasteiger partial charge in [-0.3, -0.25) is 4.90 Å². The number of piperazine rings is 1. The SMILES string of the molecule is Oc1ccc([C@@H](c2cccs2)N2CCNCC2)cc1Cl. The molecule has 106 valence electrons. The molecule has 1 aromatic heterocycles. The summed E-state index contributed by atoms with van der Waals surface area (Å²) in [5, 5.41) is 15.5. The fourth-order valence-electron chi connectivity index (χ4n) is 2.64. The summed E-state index contributed by atoms with van der Waals surface area (Å²) in [4.78, 5) is 3.78. The molecule has 0 unspecified atom stereocenters. The number of hydrogen-bond acceptors (Lipinski definition) is 4. The summed E-state index contributed by atoms with van der Waals surface area (Å²) in [5.74, 6) is 0.139. The first-order valence-corrected chi connectivity index (χ1v) is 7.98. The van der Waals surface area contributed by atoms with Crippen LogP contribution in [0.2, 0.25) is 5.02 Å². The Hall–Kier alpha value is -1.07. The predicted molar refractivity (Wildman–Crippen MR) is 83.7 cm³/mol. The van der Waals surface area contributed by atoms with Crippen LogP contribution in [0.25, 0.3) is 0 Å². The molecule has 0 aliphatic carbocycles. The lowest BCUT2D eigenvalue weighted by atomic mass is 10.0. The Morgan fingerprint density at radius 3 is 2.70 bits per heavy atom. The fraction of sp³-hybridized carbons (Fsp3) is 0.333. The van der Waals surface area contributed by atoms with Gasteiger partial charge in [0, 0.05) is 31.1 Å². The van der Waals surface area contributed by atoms with E-state index in [0.29, 0.717) is 5.02 Å². The van der Waals surface area contributed by atoms with Crippen molar-refractivity contribution < 1.29 is 5.11 Å². The standard InChI is InChI=1S/C15H17ClN2OS/c16-12-10-11(3-4-13(12)19)15(14-2-1-9-20-14)18-7-5-17-6-8-18/h1-4,9-10,15,17,19H,5-8H2/t15-/m0/s1. The van der Waals surface area contributed by atoms with Gasteiger partial charge in [0.25, 0.3) is 0 Å². The number of phenols is 1. The van der Waals surface area contributed by atoms with Crippen LogP contribution in [0.1, 0.15) is 16.5 Å². The van der Waals surface area contributed by atoms with Gasteiger partial charge in [0.1, 0.15) is 5.75 Å². The maximum absolute atomic E-state index is 9.61. The molecule has 1 aromatic carbocycles. The van der Waals surface area contributed by atoms with Crippen molar-refractivity contribution >= 4 is 22.9 Å². The number of thiophene rings is 1. The third-order valence-electron chi connectivity index (χ3n) is 3.62. The lowest BCUT2D eigenvalue weighted by molar-refractivity contribution is 0.200. The monoisotopic (exact) mass is 308 g/mol. The molecule has 0 saturated carbocycles. The van der Waals surface area contributed by atoms with E-state index < -0.39 is 0 Å². The van der Waals surface area contributed by atoms with Crippen LogP contribution in [-0.4, -0.2) is 36.2 Å². The number of aromatic hydroxyl groups is 1. The molecule has 20 heavy (non-hydrogen) atoms. The van der Waals surface area contributed by atoms with E-state index >= 15 is 0 Å². The van der Waals surface area contributed by atoms with E-state index in [1.807, 2.05) is 12.1 Å². The van der Waals surface area contributed by atoms with Gasteiger partial charge in [-0.25, -0.2) is 0 Å². The molecule has 1 atom stereocenters. The molecule has 0 bridgehead atoms. The molecular weight excluding hydrogens is 292 g/mol. The Morgan fingerprint density at radius 2 is 2.05 bits per heavy atom. The number of benzene rings is 1. The quantitative estimate of drug-likeness (QED) is 0.914. The van der Waals surface area contributed by atoms with Crippen LogP contribution in [0.3, 0.4) is 0 Å². The molecule has 0 radical (unpaired) electrons. The molecular formula is C15H17ClN2OS. The van der Waals surface area contributed by atoms with Crippen molar-refractivity contribution in [3.8, 4) is 5.75 Å². The van der Waals surface area contributed by atoms with E-state index in [1.54, 1.807) is 17.4 Å². The summed E-state index contributed by atoms with van der Waals surface area (Å²) in [7, 11) is 0. The number of phenolic OH excluding ortho intramolecular Hbond substituents is 1. The zero-order valence-electron chi connectivity index (χ0n) is 11.1. The molecule has 1 saturated heterocycles. The van der Waals surface area contributed by atoms with Crippen LogP contribution in [0, 0.1) is 0 Å². The highest BCUT2D eigenvalue weighted by Crippen LogP contribution is 2.35. The average Bonchev–Trinajstić information content (AvgIpc) is 2.98.